The zero-order chi connectivity index (χ0) is 15.5. The molecule has 0 spiro atoms. The van der Waals surface area contributed by atoms with E-state index in [0.29, 0.717) is 11.4 Å². The number of hydrogen-bond acceptors (Lipinski definition) is 3. The number of nitrogens with zero attached hydrogens (tertiary/aromatic N) is 1. The predicted molar refractivity (Wildman–Crippen MR) is 75.0 cm³/mol. The molecule has 0 fully saturated rings. The average Bonchev–Trinajstić information content (AvgIpc) is 2.45. The fraction of sp³-hybridized carbons (Fsp3) is 0.200. The van der Waals surface area contributed by atoms with Gasteiger partial charge in [-0.1, -0.05) is 35.9 Å². The van der Waals surface area contributed by atoms with E-state index in [1.807, 2.05) is 6.92 Å². The van der Waals surface area contributed by atoms with Crippen LogP contribution in [-0.4, -0.2) is 17.5 Å². The van der Waals surface area contributed by atoms with Crippen molar-refractivity contribution in [3.63, 3.8) is 0 Å². The van der Waals surface area contributed by atoms with Gasteiger partial charge in [-0.25, -0.2) is 0 Å². The van der Waals surface area contributed by atoms with Crippen molar-refractivity contribution in [2.24, 2.45) is 0 Å². The molecule has 2 aromatic rings. The van der Waals surface area contributed by atoms with E-state index in [2.05, 4.69) is 5.43 Å². The summed E-state index contributed by atoms with van der Waals surface area (Å²) in [5.74, 6) is 0. The highest BCUT2D eigenvalue weighted by Crippen LogP contribution is 2.26. The minimum Gasteiger partial charge on any atom is -0.369 e. The molecule has 0 amide bonds. The quantitative estimate of drug-likeness (QED) is 0.669. The number of rotatable bonds is 4. The highest BCUT2D eigenvalue weighted by atomic mass is 19.4. The first kappa shape index (κ1) is 15.3. The Morgan fingerprint density at radius 2 is 1.48 bits per heavy atom. The topological polar surface area (TPSA) is 35.5 Å². The summed E-state index contributed by atoms with van der Waals surface area (Å²) in [5.41, 5.74) is 4.05. The molecular formula is C15H15F3N2O. The summed E-state index contributed by atoms with van der Waals surface area (Å²) in [5, 5.41) is 10.5. The fourth-order valence-electron chi connectivity index (χ4n) is 1.76. The van der Waals surface area contributed by atoms with Gasteiger partial charge in [-0.2, -0.15) is 18.6 Å². The lowest BCUT2D eigenvalue weighted by Crippen LogP contribution is -2.49. The maximum Gasteiger partial charge on any atom is 0.429 e. The molecule has 0 aromatic heterocycles. The second-order valence-corrected chi connectivity index (χ2v) is 4.58. The van der Waals surface area contributed by atoms with Crippen molar-refractivity contribution in [2.45, 2.75) is 19.3 Å². The molecule has 0 radical (unpaired) electrons. The number of halogens is 3. The van der Waals surface area contributed by atoms with E-state index in [1.54, 1.807) is 54.6 Å². The standard InChI is InChI=1S/C15H15F3N2O/c1-11-7-9-13(10-8-11)20(12-5-3-2-4-6-12)19-14(21)15(16,17)18/h2-10,14,19,21H,1H3/t14-/m0/s1. The number of anilines is 2. The van der Waals surface area contributed by atoms with Gasteiger partial charge in [-0.05, 0) is 31.2 Å². The highest BCUT2D eigenvalue weighted by Gasteiger charge is 2.39. The van der Waals surface area contributed by atoms with Crippen molar-refractivity contribution in [2.75, 3.05) is 5.01 Å². The first-order valence-corrected chi connectivity index (χ1v) is 6.31. The van der Waals surface area contributed by atoms with E-state index in [4.69, 9.17) is 0 Å². The van der Waals surface area contributed by atoms with Crippen molar-refractivity contribution >= 4 is 11.4 Å². The summed E-state index contributed by atoms with van der Waals surface area (Å²) in [4.78, 5) is 0. The number of aliphatic hydroxyl groups is 1. The molecule has 21 heavy (non-hydrogen) atoms. The first-order valence-electron chi connectivity index (χ1n) is 6.31. The summed E-state index contributed by atoms with van der Waals surface area (Å²) in [6.45, 7) is 1.88. The van der Waals surface area contributed by atoms with E-state index >= 15 is 0 Å². The molecule has 0 unspecified atom stereocenters. The molecule has 0 aliphatic rings. The van der Waals surface area contributed by atoms with Gasteiger partial charge in [-0.15, -0.1) is 0 Å². The van der Waals surface area contributed by atoms with Gasteiger partial charge in [-0.3, -0.25) is 5.01 Å². The highest BCUT2D eigenvalue weighted by molar-refractivity contribution is 5.62. The van der Waals surface area contributed by atoms with Crippen LogP contribution in [0.1, 0.15) is 5.56 Å². The zero-order valence-corrected chi connectivity index (χ0v) is 11.3. The lowest BCUT2D eigenvalue weighted by molar-refractivity contribution is -0.213. The van der Waals surface area contributed by atoms with Gasteiger partial charge in [0.2, 0.25) is 6.23 Å². The number of hydrogen-bond donors (Lipinski definition) is 2. The van der Waals surface area contributed by atoms with E-state index in [-0.39, 0.29) is 0 Å². The van der Waals surface area contributed by atoms with Crippen molar-refractivity contribution in [3.05, 3.63) is 60.2 Å². The second kappa shape index (κ2) is 6.15. The molecule has 3 nitrogen and oxygen atoms in total. The summed E-state index contributed by atoms with van der Waals surface area (Å²) < 4.78 is 37.7. The van der Waals surface area contributed by atoms with Crippen LogP contribution in [0.2, 0.25) is 0 Å². The summed E-state index contributed by atoms with van der Waals surface area (Å²) >= 11 is 0. The SMILES string of the molecule is Cc1ccc(N(N[C@@H](O)C(F)(F)F)c2ccccc2)cc1. The smallest absolute Gasteiger partial charge is 0.369 e. The van der Waals surface area contributed by atoms with Crippen molar-refractivity contribution < 1.29 is 18.3 Å². The lowest BCUT2D eigenvalue weighted by Gasteiger charge is -2.29. The molecule has 0 bridgehead atoms. The normalized spacial score (nSPS) is 13.0. The number of nitrogens with one attached hydrogen (secondary N) is 1. The van der Waals surface area contributed by atoms with Crippen LogP contribution in [0, 0.1) is 6.92 Å². The van der Waals surface area contributed by atoms with Crippen LogP contribution >= 0.6 is 0 Å². The number of hydrazine groups is 1. The molecule has 1 atom stereocenters. The van der Waals surface area contributed by atoms with E-state index in [0.717, 1.165) is 5.56 Å². The van der Waals surface area contributed by atoms with Crippen molar-refractivity contribution in [1.82, 2.24) is 5.43 Å². The van der Waals surface area contributed by atoms with Gasteiger partial charge in [0.1, 0.15) is 0 Å². The van der Waals surface area contributed by atoms with Gasteiger partial charge in [0.25, 0.3) is 0 Å². The zero-order valence-electron chi connectivity index (χ0n) is 11.3. The van der Waals surface area contributed by atoms with Crippen LogP contribution in [0.5, 0.6) is 0 Å². The number of alkyl halides is 3. The molecule has 0 aliphatic heterocycles. The molecule has 0 aliphatic carbocycles. The van der Waals surface area contributed by atoms with Crippen LogP contribution < -0.4 is 10.4 Å². The molecule has 6 heteroatoms. The number of benzene rings is 2. The van der Waals surface area contributed by atoms with Crippen LogP contribution in [0.4, 0.5) is 24.5 Å². The third-order valence-electron chi connectivity index (χ3n) is 2.87. The van der Waals surface area contributed by atoms with Crippen LogP contribution in [-0.2, 0) is 0 Å². The third kappa shape index (κ3) is 3.96. The maximum absolute atomic E-state index is 12.6. The van der Waals surface area contributed by atoms with E-state index in [1.165, 1.54) is 5.01 Å². The Hall–Kier alpha value is -2.05. The van der Waals surface area contributed by atoms with E-state index < -0.39 is 12.4 Å². The van der Waals surface area contributed by atoms with Crippen molar-refractivity contribution in [3.8, 4) is 0 Å². The monoisotopic (exact) mass is 296 g/mol. The maximum atomic E-state index is 12.6. The van der Waals surface area contributed by atoms with Gasteiger partial charge in [0.15, 0.2) is 0 Å². The van der Waals surface area contributed by atoms with Gasteiger partial charge < -0.3 is 5.11 Å². The summed E-state index contributed by atoms with van der Waals surface area (Å²) in [7, 11) is 0. The van der Waals surface area contributed by atoms with Gasteiger partial charge >= 0.3 is 6.18 Å². The Bertz CT molecular complexity index is 570. The number of aryl methyl sites for hydroxylation is 1. The van der Waals surface area contributed by atoms with Crippen LogP contribution in [0.15, 0.2) is 54.6 Å². The molecule has 0 saturated heterocycles. The third-order valence-corrected chi connectivity index (χ3v) is 2.87. The predicted octanol–water partition coefficient (Wildman–Crippen LogP) is 3.52. The Kier molecular flexibility index (Phi) is 4.50. The minimum atomic E-state index is -4.75. The first-order chi connectivity index (χ1) is 9.88. The van der Waals surface area contributed by atoms with Crippen molar-refractivity contribution in [1.29, 1.82) is 0 Å². The molecule has 2 N–H and O–H groups in total. The van der Waals surface area contributed by atoms with Gasteiger partial charge in [0.05, 0.1) is 11.4 Å². The molecule has 2 rings (SSSR count). The number of para-hydroxylation sites is 1. The summed E-state index contributed by atoms with van der Waals surface area (Å²) in [6.07, 6.45) is -7.41. The molecular weight excluding hydrogens is 281 g/mol. The van der Waals surface area contributed by atoms with Gasteiger partial charge in [0, 0.05) is 0 Å². The largest absolute Gasteiger partial charge is 0.429 e. The van der Waals surface area contributed by atoms with Crippen LogP contribution in [0.3, 0.4) is 0 Å². The minimum absolute atomic E-state index is 0.490. The molecule has 2 aromatic carbocycles. The molecule has 0 heterocycles. The Morgan fingerprint density at radius 3 is 2.00 bits per heavy atom. The lowest BCUT2D eigenvalue weighted by atomic mass is 10.2. The fourth-order valence-corrected chi connectivity index (χ4v) is 1.76. The van der Waals surface area contributed by atoms with Crippen LogP contribution in [0.25, 0.3) is 0 Å². The second-order valence-electron chi connectivity index (χ2n) is 4.58. The van der Waals surface area contributed by atoms with E-state index in [9.17, 15) is 18.3 Å². The number of aliphatic hydroxyl groups excluding tert-OH is 1. The Balaban J connectivity index is 2.33. The molecule has 112 valence electrons. The summed E-state index contributed by atoms with van der Waals surface area (Å²) in [6, 6.07) is 15.4. The average molecular weight is 296 g/mol. The Morgan fingerprint density at radius 1 is 0.952 bits per heavy atom. The Labute approximate surface area is 120 Å². The molecule has 0 saturated carbocycles.